The Bertz CT molecular complexity index is 900. The summed E-state index contributed by atoms with van der Waals surface area (Å²) in [7, 11) is 0. The Labute approximate surface area is 177 Å². The van der Waals surface area contributed by atoms with E-state index >= 15 is 0 Å². The number of benzene rings is 1. The first-order valence-electron chi connectivity index (χ1n) is 10.7. The van der Waals surface area contributed by atoms with E-state index in [1.807, 2.05) is 42.2 Å². The van der Waals surface area contributed by atoms with Gasteiger partial charge in [0.05, 0.1) is 23.9 Å². The molecule has 3 heterocycles. The molecule has 6 nitrogen and oxygen atoms in total. The zero-order valence-electron chi connectivity index (χ0n) is 17.6. The largest absolute Gasteiger partial charge is 0.362 e. The van der Waals surface area contributed by atoms with Gasteiger partial charge in [-0.3, -0.25) is 14.6 Å². The molecule has 0 saturated carbocycles. The van der Waals surface area contributed by atoms with Gasteiger partial charge < -0.3 is 15.0 Å². The Hall–Kier alpha value is -2.73. The summed E-state index contributed by atoms with van der Waals surface area (Å²) in [6.07, 6.45) is 5.59. The maximum atomic E-state index is 12.8. The molecule has 3 atom stereocenters. The van der Waals surface area contributed by atoms with Crippen LogP contribution in [-0.4, -0.2) is 46.5 Å². The third-order valence-corrected chi connectivity index (χ3v) is 6.45. The molecule has 2 aliphatic heterocycles. The van der Waals surface area contributed by atoms with E-state index in [-0.39, 0.29) is 23.3 Å². The summed E-state index contributed by atoms with van der Waals surface area (Å²) in [5, 5.41) is 2.89. The Morgan fingerprint density at radius 3 is 2.73 bits per heavy atom. The standard InChI is InChI=1S/C24H29N3O3/c1-17-5-7-19(8-6-17)14-22(28)27-13-11-24(18(2)16-27)10-9-21(30-24)23(29)26-20-4-3-12-25-15-20/h3-8,12,15,18,21H,9-11,13-14,16H2,1-2H3,(H,26,29)/t18-,21-,24+/m0/s1. The summed E-state index contributed by atoms with van der Waals surface area (Å²) in [6, 6.07) is 11.7. The molecule has 0 aliphatic carbocycles. The van der Waals surface area contributed by atoms with Crippen LogP contribution in [0.5, 0.6) is 0 Å². The number of aromatic nitrogens is 1. The van der Waals surface area contributed by atoms with Crippen LogP contribution in [0.3, 0.4) is 0 Å². The number of nitrogens with one attached hydrogen (secondary N) is 1. The fourth-order valence-electron chi connectivity index (χ4n) is 4.54. The summed E-state index contributed by atoms with van der Waals surface area (Å²) in [5.41, 5.74) is 2.59. The van der Waals surface area contributed by atoms with Crippen molar-refractivity contribution in [2.24, 2.45) is 5.92 Å². The van der Waals surface area contributed by atoms with Gasteiger partial charge in [0.15, 0.2) is 0 Å². The van der Waals surface area contributed by atoms with Crippen molar-refractivity contribution >= 4 is 17.5 Å². The normalized spacial score (nSPS) is 26.0. The lowest BCUT2D eigenvalue weighted by molar-refractivity contribution is -0.151. The van der Waals surface area contributed by atoms with Crippen molar-refractivity contribution in [1.29, 1.82) is 0 Å². The van der Waals surface area contributed by atoms with Gasteiger partial charge in [-0.05, 0) is 43.9 Å². The highest BCUT2D eigenvalue weighted by atomic mass is 16.5. The number of hydrogen-bond donors (Lipinski definition) is 1. The molecule has 2 aromatic rings. The molecule has 1 aromatic heterocycles. The minimum absolute atomic E-state index is 0.120. The highest BCUT2D eigenvalue weighted by Crippen LogP contribution is 2.42. The number of nitrogens with zero attached hydrogens (tertiary/aromatic N) is 2. The third-order valence-electron chi connectivity index (χ3n) is 6.45. The molecule has 2 fully saturated rings. The SMILES string of the molecule is Cc1ccc(CC(=O)N2CC[C@]3(CC[C@@H](C(=O)Nc4cccnc4)O3)[C@@H](C)C2)cc1. The first-order chi connectivity index (χ1) is 14.4. The van der Waals surface area contributed by atoms with Crippen molar-refractivity contribution in [2.45, 2.75) is 51.2 Å². The van der Waals surface area contributed by atoms with Crippen LogP contribution in [0.4, 0.5) is 5.69 Å². The van der Waals surface area contributed by atoms with Crippen molar-refractivity contribution in [3.05, 3.63) is 59.9 Å². The zero-order valence-corrected chi connectivity index (χ0v) is 17.6. The molecule has 0 unspecified atom stereocenters. The van der Waals surface area contributed by atoms with Crippen LogP contribution in [0.15, 0.2) is 48.8 Å². The minimum atomic E-state index is -0.456. The van der Waals surface area contributed by atoms with E-state index in [1.165, 1.54) is 5.56 Å². The van der Waals surface area contributed by atoms with Crippen molar-refractivity contribution in [3.8, 4) is 0 Å². The summed E-state index contributed by atoms with van der Waals surface area (Å²) < 4.78 is 6.33. The number of rotatable bonds is 4. The van der Waals surface area contributed by atoms with Gasteiger partial charge in [0.2, 0.25) is 5.91 Å². The number of ether oxygens (including phenoxy) is 1. The highest BCUT2D eigenvalue weighted by molar-refractivity contribution is 5.94. The van der Waals surface area contributed by atoms with E-state index < -0.39 is 6.10 Å². The number of aryl methyl sites for hydroxylation is 1. The van der Waals surface area contributed by atoms with E-state index in [2.05, 4.69) is 17.2 Å². The number of carbonyl (C=O) groups excluding carboxylic acids is 2. The molecule has 1 spiro atoms. The Balaban J connectivity index is 1.33. The smallest absolute Gasteiger partial charge is 0.253 e. The van der Waals surface area contributed by atoms with Crippen molar-refractivity contribution in [1.82, 2.24) is 9.88 Å². The predicted octanol–water partition coefficient (Wildman–Crippen LogP) is 3.36. The molecule has 6 heteroatoms. The van der Waals surface area contributed by atoms with Crippen molar-refractivity contribution < 1.29 is 14.3 Å². The number of amides is 2. The fraction of sp³-hybridized carbons (Fsp3) is 0.458. The predicted molar refractivity (Wildman–Crippen MR) is 115 cm³/mol. The molecule has 1 aromatic carbocycles. The summed E-state index contributed by atoms with van der Waals surface area (Å²) in [4.78, 5) is 31.4. The van der Waals surface area contributed by atoms with E-state index in [0.29, 0.717) is 31.6 Å². The van der Waals surface area contributed by atoms with Gasteiger partial charge in [-0.1, -0.05) is 36.8 Å². The number of likely N-dealkylation sites (tertiary alicyclic amines) is 1. The van der Waals surface area contributed by atoms with Crippen LogP contribution in [0.2, 0.25) is 0 Å². The van der Waals surface area contributed by atoms with Gasteiger partial charge in [-0.15, -0.1) is 0 Å². The molecule has 0 bridgehead atoms. The molecule has 2 aliphatic rings. The average Bonchev–Trinajstić information content (AvgIpc) is 3.18. The van der Waals surface area contributed by atoms with Crippen LogP contribution in [-0.2, 0) is 20.7 Å². The van der Waals surface area contributed by atoms with Crippen LogP contribution in [0, 0.1) is 12.8 Å². The monoisotopic (exact) mass is 407 g/mol. The molecule has 30 heavy (non-hydrogen) atoms. The van der Waals surface area contributed by atoms with E-state index in [1.54, 1.807) is 18.5 Å². The number of anilines is 1. The maximum absolute atomic E-state index is 12.8. The Morgan fingerprint density at radius 1 is 1.23 bits per heavy atom. The number of carbonyl (C=O) groups is 2. The van der Waals surface area contributed by atoms with E-state index in [0.717, 1.165) is 18.4 Å². The molecule has 2 saturated heterocycles. The third kappa shape index (κ3) is 4.38. The van der Waals surface area contributed by atoms with E-state index in [4.69, 9.17) is 4.74 Å². The Kier molecular flexibility index (Phi) is 5.86. The fourth-order valence-corrected chi connectivity index (χ4v) is 4.54. The minimum Gasteiger partial charge on any atom is -0.362 e. The van der Waals surface area contributed by atoms with Gasteiger partial charge in [-0.25, -0.2) is 0 Å². The molecule has 2 amide bonds. The number of piperidine rings is 1. The lowest BCUT2D eigenvalue weighted by Gasteiger charge is -2.44. The zero-order chi connectivity index (χ0) is 21.1. The number of hydrogen-bond acceptors (Lipinski definition) is 4. The molecular weight excluding hydrogens is 378 g/mol. The maximum Gasteiger partial charge on any atom is 0.253 e. The molecule has 1 N–H and O–H groups in total. The van der Waals surface area contributed by atoms with Crippen molar-refractivity contribution in [2.75, 3.05) is 18.4 Å². The first-order valence-corrected chi connectivity index (χ1v) is 10.7. The quantitative estimate of drug-likeness (QED) is 0.844. The second kappa shape index (κ2) is 8.56. The topological polar surface area (TPSA) is 71.5 Å². The van der Waals surface area contributed by atoms with E-state index in [9.17, 15) is 9.59 Å². The second-order valence-electron chi connectivity index (χ2n) is 8.59. The summed E-state index contributed by atoms with van der Waals surface area (Å²) in [5.74, 6) is 0.221. The first kappa shape index (κ1) is 20.5. The lowest BCUT2D eigenvalue weighted by atomic mass is 9.80. The number of pyridine rings is 1. The van der Waals surface area contributed by atoms with Crippen LogP contribution in [0.1, 0.15) is 37.3 Å². The Morgan fingerprint density at radius 2 is 2.03 bits per heavy atom. The molecule has 0 radical (unpaired) electrons. The summed E-state index contributed by atoms with van der Waals surface area (Å²) >= 11 is 0. The molecule has 158 valence electrons. The lowest BCUT2D eigenvalue weighted by Crippen LogP contribution is -2.53. The van der Waals surface area contributed by atoms with Gasteiger partial charge in [0.1, 0.15) is 6.10 Å². The molecular formula is C24H29N3O3. The average molecular weight is 408 g/mol. The second-order valence-corrected chi connectivity index (χ2v) is 8.59. The van der Waals surface area contributed by atoms with Crippen LogP contribution < -0.4 is 5.32 Å². The van der Waals surface area contributed by atoms with Gasteiger partial charge in [0, 0.05) is 25.2 Å². The summed E-state index contributed by atoms with van der Waals surface area (Å²) in [6.45, 7) is 5.52. The van der Waals surface area contributed by atoms with Crippen LogP contribution >= 0.6 is 0 Å². The van der Waals surface area contributed by atoms with Gasteiger partial charge >= 0.3 is 0 Å². The molecule has 4 rings (SSSR count). The highest BCUT2D eigenvalue weighted by Gasteiger charge is 2.49. The van der Waals surface area contributed by atoms with Crippen LogP contribution in [0.25, 0.3) is 0 Å². The van der Waals surface area contributed by atoms with Crippen molar-refractivity contribution in [3.63, 3.8) is 0 Å². The van der Waals surface area contributed by atoms with Gasteiger partial charge in [0.25, 0.3) is 5.91 Å². The van der Waals surface area contributed by atoms with Gasteiger partial charge in [-0.2, -0.15) is 0 Å².